The van der Waals surface area contributed by atoms with Crippen molar-refractivity contribution in [3.63, 3.8) is 0 Å². The monoisotopic (exact) mass is 393 g/mol. The van der Waals surface area contributed by atoms with Crippen molar-refractivity contribution in [3.8, 4) is 11.5 Å². The average Bonchev–Trinajstić information content (AvgIpc) is 2.72. The fourth-order valence-electron chi connectivity index (χ4n) is 3.19. The van der Waals surface area contributed by atoms with E-state index in [1.54, 1.807) is 49.3 Å². The van der Waals surface area contributed by atoms with Crippen molar-refractivity contribution in [3.05, 3.63) is 89.2 Å². The summed E-state index contributed by atoms with van der Waals surface area (Å²) in [5.41, 5.74) is 3.23. The number of nitrogens with zero attached hydrogens (tertiary/aromatic N) is 1. The fourth-order valence-corrected chi connectivity index (χ4v) is 3.19. The van der Waals surface area contributed by atoms with Crippen molar-refractivity contribution in [2.24, 2.45) is 0 Å². The third-order valence-corrected chi connectivity index (χ3v) is 4.81. The minimum atomic E-state index is -0.344. The molecule has 4 nitrogen and oxygen atoms in total. The summed E-state index contributed by atoms with van der Waals surface area (Å²) in [5, 5.41) is 9.70. The number of aryl methyl sites for hydroxylation is 1. The number of carbonyl (C=O) groups is 1. The Bertz CT molecular complexity index is 986. The smallest absolute Gasteiger partial charge is 0.231 e. The minimum absolute atomic E-state index is 0.0930. The van der Waals surface area contributed by atoms with Crippen LogP contribution in [0.4, 0.5) is 10.1 Å². The number of amides is 1. The molecule has 5 heteroatoms. The van der Waals surface area contributed by atoms with Gasteiger partial charge in [-0.1, -0.05) is 24.3 Å². The van der Waals surface area contributed by atoms with Gasteiger partial charge in [0.15, 0.2) is 0 Å². The zero-order chi connectivity index (χ0) is 20.8. The zero-order valence-electron chi connectivity index (χ0n) is 16.6. The summed E-state index contributed by atoms with van der Waals surface area (Å²) in [4.78, 5) is 14.8. The van der Waals surface area contributed by atoms with E-state index < -0.39 is 0 Å². The topological polar surface area (TPSA) is 49.8 Å². The lowest BCUT2D eigenvalue weighted by atomic mass is 10.1. The number of ether oxygens (including phenoxy) is 1. The summed E-state index contributed by atoms with van der Waals surface area (Å²) in [5.74, 6) is 0.532. The first-order valence-corrected chi connectivity index (χ1v) is 9.43. The standard InChI is InChI=1S/C24H24FNO3/c1-17-14-19(6-11-23(17)27)16-24(28)26(21-9-7-20(25)8-10-21)13-12-18-4-3-5-22(15-18)29-2/h3-11,14-15,27H,12-13,16H2,1-2H3. The van der Waals surface area contributed by atoms with Crippen LogP contribution in [0.15, 0.2) is 66.7 Å². The molecule has 150 valence electrons. The van der Waals surface area contributed by atoms with Crippen molar-refractivity contribution in [2.75, 3.05) is 18.6 Å². The Kier molecular flexibility index (Phi) is 6.50. The second kappa shape index (κ2) is 9.24. The predicted octanol–water partition coefficient (Wildman–Crippen LogP) is 4.67. The highest BCUT2D eigenvalue weighted by Gasteiger charge is 2.17. The summed E-state index contributed by atoms with van der Waals surface area (Å²) in [6.45, 7) is 2.25. The molecule has 3 aromatic carbocycles. The molecule has 3 rings (SSSR count). The lowest BCUT2D eigenvalue weighted by Crippen LogP contribution is -2.34. The number of rotatable bonds is 7. The van der Waals surface area contributed by atoms with Gasteiger partial charge in [-0.3, -0.25) is 4.79 Å². The van der Waals surface area contributed by atoms with Gasteiger partial charge in [0, 0.05) is 12.2 Å². The number of halogens is 1. The lowest BCUT2D eigenvalue weighted by molar-refractivity contribution is -0.118. The molecular weight excluding hydrogens is 369 g/mol. The van der Waals surface area contributed by atoms with E-state index in [0.29, 0.717) is 18.7 Å². The van der Waals surface area contributed by atoms with Gasteiger partial charge in [0.25, 0.3) is 0 Å². The summed E-state index contributed by atoms with van der Waals surface area (Å²) in [7, 11) is 1.62. The summed E-state index contributed by atoms with van der Waals surface area (Å²) >= 11 is 0. The van der Waals surface area contributed by atoms with Crippen LogP contribution in [0.1, 0.15) is 16.7 Å². The number of aromatic hydroxyl groups is 1. The number of hydrogen-bond donors (Lipinski definition) is 1. The molecule has 0 unspecified atom stereocenters. The van der Waals surface area contributed by atoms with Crippen LogP contribution in [0.25, 0.3) is 0 Å². The van der Waals surface area contributed by atoms with Gasteiger partial charge in [-0.2, -0.15) is 0 Å². The largest absolute Gasteiger partial charge is 0.508 e. The Morgan fingerprint density at radius 1 is 1.03 bits per heavy atom. The van der Waals surface area contributed by atoms with Gasteiger partial charge in [0.1, 0.15) is 17.3 Å². The number of hydrogen-bond acceptors (Lipinski definition) is 3. The second-order valence-electron chi connectivity index (χ2n) is 6.92. The molecule has 0 aliphatic rings. The number of benzene rings is 3. The summed E-state index contributed by atoms with van der Waals surface area (Å²) < 4.78 is 18.6. The SMILES string of the molecule is COc1cccc(CCN(C(=O)Cc2ccc(O)c(C)c2)c2ccc(F)cc2)c1. The molecule has 0 saturated heterocycles. The molecule has 0 atom stereocenters. The van der Waals surface area contributed by atoms with Gasteiger partial charge in [-0.05, 0) is 72.5 Å². The average molecular weight is 393 g/mol. The highest BCUT2D eigenvalue weighted by atomic mass is 19.1. The zero-order valence-corrected chi connectivity index (χ0v) is 16.6. The lowest BCUT2D eigenvalue weighted by Gasteiger charge is -2.23. The molecule has 1 N–H and O–H groups in total. The van der Waals surface area contributed by atoms with Gasteiger partial charge >= 0.3 is 0 Å². The van der Waals surface area contributed by atoms with E-state index in [-0.39, 0.29) is 23.9 Å². The quantitative estimate of drug-likeness (QED) is 0.635. The van der Waals surface area contributed by atoms with Crippen LogP contribution in [0, 0.1) is 12.7 Å². The number of anilines is 1. The summed E-state index contributed by atoms with van der Waals surface area (Å²) in [6, 6.07) is 18.8. The van der Waals surface area contributed by atoms with Crippen LogP contribution in [-0.2, 0) is 17.6 Å². The van der Waals surface area contributed by atoms with Crippen LogP contribution in [-0.4, -0.2) is 24.7 Å². The fraction of sp³-hybridized carbons (Fsp3) is 0.208. The Labute approximate surface area is 170 Å². The molecular formula is C24H24FNO3. The minimum Gasteiger partial charge on any atom is -0.508 e. The van der Waals surface area contributed by atoms with E-state index in [1.165, 1.54) is 12.1 Å². The van der Waals surface area contributed by atoms with Crippen LogP contribution in [0.5, 0.6) is 11.5 Å². The van der Waals surface area contributed by atoms with Gasteiger partial charge in [-0.15, -0.1) is 0 Å². The van der Waals surface area contributed by atoms with Crippen LogP contribution < -0.4 is 9.64 Å². The molecule has 0 bridgehead atoms. The van der Waals surface area contributed by atoms with Gasteiger partial charge in [0.2, 0.25) is 5.91 Å². The maximum Gasteiger partial charge on any atom is 0.231 e. The Balaban J connectivity index is 1.80. The molecule has 1 amide bonds. The molecule has 0 aliphatic carbocycles. The molecule has 0 spiro atoms. The summed E-state index contributed by atoms with van der Waals surface area (Å²) in [6.07, 6.45) is 0.825. The number of methoxy groups -OCH3 is 1. The Morgan fingerprint density at radius 3 is 2.48 bits per heavy atom. The first-order valence-electron chi connectivity index (χ1n) is 9.43. The maximum atomic E-state index is 13.4. The highest BCUT2D eigenvalue weighted by Crippen LogP contribution is 2.21. The van der Waals surface area contributed by atoms with Crippen LogP contribution >= 0.6 is 0 Å². The molecule has 29 heavy (non-hydrogen) atoms. The molecule has 0 radical (unpaired) electrons. The van der Waals surface area contributed by atoms with E-state index in [9.17, 15) is 14.3 Å². The number of carbonyl (C=O) groups excluding carboxylic acids is 1. The molecule has 0 aromatic heterocycles. The first-order chi connectivity index (χ1) is 14.0. The molecule has 0 saturated carbocycles. The van der Waals surface area contributed by atoms with Crippen molar-refractivity contribution in [2.45, 2.75) is 19.8 Å². The Hall–Kier alpha value is -3.34. The van der Waals surface area contributed by atoms with Crippen molar-refractivity contribution >= 4 is 11.6 Å². The molecule has 0 heterocycles. The van der Waals surface area contributed by atoms with E-state index >= 15 is 0 Å². The van der Waals surface area contributed by atoms with Crippen LogP contribution in [0.2, 0.25) is 0 Å². The van der Waals surface area contributed by atoms with Gasteiger partial charge in [-0.25, -0.2) is 4.39 Å². The normalized spacial score (nSPS) is 10.6. The van der Waals surface area contributed by atoms with Crippen molar-refractivity contribution in [1.82, 2.24) is 0 Å². The first kappa shape index (κ1) is 20.4. The van der Waals surface area contributed by atoms with E-state index in [0.717, 1.165) is 22.4 Å². The van der Waals surface area contributed by atoms with E-state index in [2.05, 4.69) is 0 Å². The molecule has 0 fully saturated rings. The predicted molar refractivity (Wildman–Crippen MR) is 112 cm³/mol. The molecule has 3 aromatic rings. The number of phenols is 1. The van der Waals surface area contributed by atoms with E-state index in [1.807, 2.05) is 24.3 Å². The van der Waals surface area contributed by atoms with E-state index in [4.69, 9.17) is 4.74 Å². The second-order valence-corrected chi connectivity index (χ2v) is 6.92. The highest BCUT2D eigenvalue weighted by molar-refractivity contribution is 5.94. The molecule has 0 aliphatic heterocycles. The number of phenolic OH excluding ortho intramolecular Hbond substituents is 1. The Morgan fingerprint density at radius 2 is 1.79 bits per heavy atom. The maximum absolute atomic E-state index is 13.4. The van der Waals surface area contributed by atoms with Gasteiger partial charge < -0.3 is 14.7 Å². The van der Waals surface area contributed by atoms with Crippen LogP contribution in [0.3, 0.4) is 0 Å². The third-order valence-electron chi connectivity index (χ3n) is 4.81. The van der Waals surface area contributed by atoms with Crippen molar-refractivity contribution < 1.29 is 19.0 Å². The van der Waals surface area contributed by atoms with Crippen molar-refractivity contribution in [1.29, 1.82) is 0 Å². The third kappa shape index (κ3) is 5.35. The van der Waals surface area contributed by atoms with Gasteiger partial charge in [0.05, 0.1) is 13.5 Å².